The van der Waals surface area contributed by atoms with E-state index in [1.165, 1.54) is 38.8 Å². The zero-order valence-electron chi connectivity index (χ0n) is 22.0. The van der Waals surface area contributed by atoms with E-state index in [4.69, 9.17) is 0 Å². The van der Waals surface area contributed by atoms with Crippen LogP contribution in [0.2, 0.25) is 0 Å². The van der Waals surface area contributed by atoms with Gasteiger partial charge in [-0.15, -0.1) is 0 Å². The van der Waals surface area contributed by atoms with E-state index in [0.29, 0.717) is 0 Å². The van der Waals surface area contributed by atoms with Crippen LogP contribution in [-0.4, -0.2) is 7.85 Å². The molecule has 2 heteroatoms. The Hall–Kier alpha value is -4.82. The summed E-state index contributed by atoms with van der Waals surface area (Å²) >= 11 is 0. The molecule has 0 amide bonds. The molecule has 0 saturated heterocycles. The highest BCUT2D eigenvalue weighted by atomic mass is 15.1. The van der Waals surface area contributed by atoms with Crippen LogP contribution in [0.15, 0.2) is 158 Å². The van der Waals surface area contributed by atoms with E-state index in [1.54, 1.807) is 0 Å². The second kappa shape index (κ2) is 9.49. The molecule has 0 fully saturated rings. The second-order valence-electron chi connectivity index (χ2n) is 10.3. The number of fused-ring (bicyclic) bond motifs is 3. The van der Waals surface area contributed by atoms with E-state index in [1.807, 2.05) is 0 Å². The van der Waals surface area contributed by atoms with Crippen molar-refractivity contribution in [2.45, 2.75) is 5.41 Å². The van der Waals surface area contributed by atoms with Gasteiger partial charge in [-0.25, -0.2) is 0 Å². The fraction of sp³-hybridized carbons (Fsp3) is 0.0270. The predicted octanol–water partition coefficient (Wildman–Crippen LogP) is 7.78. The summed E-state index contributed by atoms with van der Waals surface area (Å²) in [4.78, 5) is 2.37. The minimum absolute atomic E-state index is 0.417. The van der Waals surface area contributed by atoms with Crippen molar-refractivity contribution < 1.29 is 0 Å². The maximum atomic E-state index is 2.42. The molecule has 0 unspecified atom stereocenters. The number of para-hydroxylation sites is 1. The summed E-state index contributed by atoms with van der Waals surface area (Å²) < 4.78 is 0. The fourth-order valence-electron chi connectivity index (χ4n) is 6.36. The molecule has 0 spiro atoms. The quantitative estimate of drug-likeness (QED) is 0.220. The third kappa shape index (κ3) is 3.72. The molecular formula is C37H28BN. The van der Waals surface area contributed by atoms with Crippen molar-refractivity contribution in [2.75, 3.05) is 4.90 Å². The highest BCUT2D eigenvalue weighted by Gasteiger charge is 2.46. The van der Waals surface area contributed by atoms with Crippen LogP contribution < -0.4 is 10.4 Å². The van der Waals surface area contributed by atoms with E-state index in [-0.39, 0.29) is 0 Å². The Morgan fingerprint density at radius 3 is 1.62 bits per heavy atom. The molecule has 0 aliphatic heterocycles. The Kier molecular flexibility index (Phi) is 5.67. The molecule has 1 nitrogen and oxygen atoms in total. The standard InChI is InChI=1S/C37H28BN/c38-29-17-12-20-31(25-29)39(30-18-8-3-9-19-30)32-23-24-34-33-21-10-11-22-35(33)37(36(34)26-32,27-13-4-1-5-14-27)28-15-6-2-7-16-28/h1-26H,38H2. The Balaban J connectivity index is 1.55. The Morgan fingerprint density at radius 2 is 0.949 bits per heavy atom. The van der Waals surface area contributed by atoms with Crippen LogP contribution >= 0.6 is 0 Å². The summed E-state index contributed by atoms with van der Waals surface area (Å²) in [6, 6.07) is 57.3. The summed E-state index contributed by atoms with van der Waals surface area (Å²) in [5.41, 5.74) is 12.1. The van der Waals surface area contributed by atoms with Gasteiger partial charge in [0.15, 0.2) is 0 Å². The van der Waals surface area contributed by atoms with E-state index >= 15 is 0 Å². The largest absolute Gasteiger partial charge is 0.311 e. The maximum Gasteiger partial charge on any atom is 0.139 e. The van der Waals surface area contributed by atoms with Crippen molar-refractivity contribution in [3.05, 3.63) is 180 Å². The Labute approximate surface area is 231 Å². The first-order valence-electron chi connectivity index (χ1n) is 13.5. The summed E-state index contributed by atoms with van der Waals surface area (Å²) in [6.07, 6.45) is 0. The molecule has 1 aliphatic carbocycles. The number of benzene rings is 6. The minimum atomic E-state index is -0.417. The van der Waals surface area contributed by atoms with Crippen LogP contribution in [-0.2, 0) is 5.41 Å². The summed E-state index contributed by atoms with van der Waals surface area (Å²) in [6.45, 7) is 0. The highest BCUT2D eigenvalue weighted by Crippen LogP contribution is 2.57. The topological polar surface area (TPSA) is 3.24 Å². The minimum Gasteiger partial charge on any atom is -0.311 e. The van der Waals surface area contributed by atoms with Crippen LogP contribution in [0.25, 0.3) is 11.1 Å². The average molecular weight is 497 g/mol. The van der Waals surface area contributed by atoms with Crippen molar-refractivity contribution >= 4 is 30.4 Å². The smallest absolute Gasteiger partial charge is 0.139 e. The van der Waals surface area contributed by atoms with Crippen molar-refractivity contribution in [2.24, 2.45) is 0 Å². The third-order valence-electron chi connectivity index (χ3n) is 7.97. The zero-order chi connectivity index (χ0) is 26.2. The van der Waals surface area contributed by atoms with E-state index in [0.717, 1.165) is 17.1 Å². The number of hydrogen-bond donors (Lipinski definition) is 0. The van der Waals surface area contributed by atoms with Gasteiger partial charge in [-0.1, -0.05) is 127 Å². The number of nitrogens with zero attached hydrogens (tertiary/aromatic N) is 1. The predicted molar refractivity (Wildman–Crippen MR) is 167 cm³/mol. The van der Waals surface area contributed by atoms with Crippen LogP contribution in [0.1, 0.15) is 22.3 Å². The van der Waals surface area contributed by atoms with E-state index in [2.05, 4.69) is 170 Å². The molecule has 0 N–H and O–H groups in total. The van der Waals surface area contributed by atoms with Gasteiger partial charge in [0.05, 0.1) is 5.41 Å². The lowest BCUT2D eigenvalue weighted by molar-refractivity contribution is 0.768. The monoisotopic (exact) mass is 497 g/mol. The molecule has 6 aromatic carbocycles. The third-order valence-corrected chi connectivity index (χ3v) is 7.97. The first kappa shape index (κ1) is 23.3. The molecule has 0 bridgehead atoms. The molecule has 0 atom stereocenters. The summed E-state index contributed by atoms with van der Waals surface area (Å²) in [5.74, 6) is 0. The van der Waals surface area contributed by atoms with Crippen molar-refractivity contribution in [3.8, 4) is 11.1 Å². The van der Waals surface area contributed by atoms with Gasteiger partial charge in [0.25, 0.3) is 0 Å². The number of rotatable bonds is 5. The lowest BCUT2D eigenvalue weighted by atomic mass is 9.67. The van der Waals surface area contributed by atoms with Gasteiger partial charge >= 0.3 is 0 Å². The lowest BCUT2D eigenvalue weighted by Gasteiger charge is -2.35. The van der Waals surface area contributed by atoms with Crippen molar-refractivity contribution in [1.29, 1.82) is 0 Å². The van der Waals surface area contributed by atoms with Crippen LogP contribution in [0, 0.1) is 0 Å². The van der Waals surface area contributed by atoms with E-state index in [9.17, 15) is 0 Å². The molecule has 0 saturated carbocycles. The van der Waals surface area contributed by atoms with Gasteiger partial charge in [-0.2, -0.15) is 0 Å². The normalized spacial score (nSPS) is 12.9. The van der Waals surface area contributed by atoms with Gasteiger partial charge in [-0.3, -0.25) is 0 Å². The maximum absolute atomic E-state index is 2.42. The van der Waals surface area contributed by atoms with Gasteiger partial charge in [0.1, 0.15) is 7.85 Å². The van der Waals surface area contributed by atoms with Crippen LogP contribution in [0.5, 0.6) is 0 Å². The zero-order valence-corrected chi connectivity index (χ0v) is 22.0. The molecule has 184 valence electrons. The highest BCUT2D eigenvalue weighted by molar-refractivity contribution is 6.32. The Bertz CT molecular complexity index is 1720. The molecule has 39 heavy (non-hydrogen) atoms. The summed E-state index contributed by atoms with van der Waals surface area (Å²) in [5, 5.41) is 0. The first-order chi connectivity index (χ1) is 19.3. The molecule has 7 rings (SSSR count). The van der Waals surface area contributed by atoms with E-state index < -0.39 is 5.41 Å². The molecule has 0 radical (unpaired) electrons. The van der Waals surface area contributed by atoms with Gasteiger partial charge in [0, 0.05) is 17.1 Å². The lowest BCUT2D eigenvalue weighted by Crippen LogP contribution is -2.28. The fourth-order valence-corrected chi connectivity index (χ4v) is 6.36. The van der Waals surface area contributed by atoms with Crippen molar-refractivity contribution in [1.82, 2.24) is 0 Å². The molecule has 0 aromatic heterocycles. The SMILES string of the molecule is Bc1cccc(N(c2ccccc2)c2ccc3c(c2)C(c2ccccc2)(c2ccccc2)c2ccccc2-3)c1. The average Bonchev–Trinajstić information content (AvgIpc) is 3.29. The van der Waals surface area contributed by atoms with Gasteiger partial charge < -0.3 is 4.90 Å². The number of hydrogen-bond acceptors (Lipinski definition) is 1. The second-order valence-corrected chi connectivity index (χ2v) is 10.3. The molecule has 6 aromatic rings. The van der Waals surface area contributed by atoms with Gasteiger partial charge in [0.2, 0.25) is 0 Å². The summed E-state index contributed by atoms with van der Waals surface area (Å²) in [7, 11) is 2.15. The Morgan fingerprint density at radius 1 is 0.410 bits per heavy atom. The van der Waals surface area contributed by atoms with Gasteiger partial charge in [-0.05, 0) is 69.8 Å². The molecular weight excluding hydrogens is 469 g/mol. The molecule has 1 aliphatic rings. The molecule has 0 heterocycles. The van der Waals surface area contributed by atoms with Crippen LogP contribution in [0.4, 0.5) is 17.1 Å². The first-order valence-corrected chi connectivity index (χ1v) is 13.5. The van der Waals surface area contributed by atoms with Crippen LogP contribution in [0.3, 0.4) is 0 Å². The van der Waals surface area contributed by atoms with Crippen molar-refractivity contribution in [3.63, 3.8) is 0 Å². The number of anilines is 3.